The minimum atomic E-state index is -0.671. The summed E-state index contributed by atoms with van der Waals surface area (Å²) < 4.78 is 4.99. The Bertz CT molecular complexity index is 960. The highest BCUT2D eigenvalue weighted by atomic mass is 35.5. The Morgan fingerprint density at radius 1 is 1.00 bits per heavy atom. The quantitative estimate of drug-likeness (QED) is 0.689. The molecule has 0 spiro atoms. The summed E-state index contributed by atoms with van der Waals surface area (Å²) in [5, 5.41) is 4.18. The second-order valence-electron chi connectivity index (χ2n) is 5.14. The Morgan fingerprint density at radius 3 is 2.60 bits per heavy atom. The summed E-state index contributed by atoms with van der Waals surface area (Å²) in [6, 6.07) is 15.4. The van der Waals surface area contributed by atoms with E-state index in [4.69, 9.17) is 27.9 Å². The Morgan fingerprint density at radius 2 is 1.80 bits per heavy atom. The molecular weight excluding hydrogens is 363 g/mol. The Kier molecular flexibility index (Phi) is 5.16. The molecule has 1 amide bonds. The van der Waals surface area contributed by atoms with Crippen LogP contribution < -0.4 is 5.32 Å². The molecule has 126 valence electrons. The third-order valence-corrected chi connectivity index (χ3v) is 4.08. The summed E-state index contributed by atoms with van der Waals surface area (Å²) in [6.45, 7) is -0.437. The van der Waals surface area contributed by atoms with E-state index in [1.54, 1.807) is 30.3 Å². The Hall–Kier alpha value is -2.63. The van der Waals surface area contributed by atoms with Gasteiger partial charge in [-0.15, -0.1) is 0 Å². The van der Waals surface area contributed by atoms with Crippen molar-refractivity contribution < 1.29 is 14.3 Å². The van der Waals surface area contributed by atoms with Crippen molar-refractivity contribution in [2.75, 3.05) is 11.9 Å². The van der Waals surface area contributed by atoms with Crippen LogP contribution in [-0.2, 0) is 9.53 Å². The van der Waals surface area contributed by atoms with Gasteiger partial charge in [0.15, 0.2) is 6.61 Å². The van der Waals surface area contributed by atoms with Crippen LogP contribution in [0.15, 0.2) is 54.6 Å². The molecule has 0 aliphatic rings. The zero-order chi connectivity index (χ0) is 17.8. The molecule has 1 N–H and O–H groups in total. The van der Waals surface area contributed by atoms with E-state index in [1.807, 2.05) is 18.2 Å². The fraction of sp³-hybridized carbons (Fsp3) is 0.0556. The van der Waals surface area contributed by atoms with E-state index >= 15 is 0 Å². The zero-order valence-electron chi connectivity index (χ0n) is 12.8. The highest BCUT2D eigenvalue weighted by molar-refractivity contribution is 6.42. The number of fused-ring (bicyclic) bond motifs is 1. The molecule has 0 atom stereocenters. The smallest absolute Gasteiger partial charge is 0.357 e. The van der Waals surface area contributed by atoms with Gasteiger partial charge in [0.2, 0.25) is 0 Å². The minimum Gasteiger partial charge on any atom is -0.451 e. The van der Waals surface area contributed by atoms with Crippen LogP contribution in [0.5, 0.6) is 0 Å². The molecule has 0 unspecified atom stereocenters. The number of aromatic nitrogens is 1. The van der Waals surface area contributed by atoms with E-state index in [-0.39, 0.29) is 5.69 Å². The molecule has 3 aromatic rings. The largest absolute Gasteiger partial charge is 0.451 e. The minimum absolute atomic E-state index is 0.140. The average molecular weight is 375 g/mol. The Labute approximate surface area is 153 Å². The molecule has 3 rings (SSSR count). The average Bonchev–Trinajstić information content (AvgIpc) is 2.62. The van der Waals surface area contributed by atoms with Gasteiger partial charge in [0.05, 0.1) is 15.6 Å². The monoisotopic (exact) mass is 374 g/mol. The van der Waals surface area contributed by atoms with E-state index < -0.39 is 18.5 Å². The maximum absolute atomic E-state index is 12.0. The van der Waals surface area contributed by atoms with Crippen molar-refractivity contribution in [2.24, 2.45) is 0 Å². The fourth-order valence-electron chi connectivity index (χ4n) is 2.16. The number of carbonyl (C=O) groups excluding carboxylic acids is 2. The van der Waals surface area contributed by atoms with Crippen molar-refractivity contribution in [1.82, 2.24) is 4.98 Å². The predicted octanol–water partition coefficient (Wildman–Crippen LogP) is 4.34. The maximum atomic E-state index is 12.0. The van der Waals surface area contributed by atoms with E-state index in [9.17, 15) is 9.59 Å². The number of amides is 1. The SMILES string of the molecule is O=C(COC(=O)c1ccc2ccccc2n1)Nc1ccc(Cl)c(Cl)c1. The number of hydrogen-bond donors (Lipinski definition) is 1. The summed E-state index contributed by atoms with van der Waals surface area (Å²) in [6.07, 6.45) is 0. The number of anilines is 1. The molecule has 0 aliphatic heterocycles. The molecule has 2 aromatic carbocycles. The Balaban J connectivity index is 1.60. The summed E-state index contributed by atoms with van der Waals surface area (Å²) in [4.78, 5) is 28.1. The van der Waals surface area contributed by atoms with E-state index in [2.05, 4.69) is 10.3 Å². The molecule has 1 heterocycles. The molecule has 25 heavy (non-hydrogen) atoms. The molecule has 0 saturated carbocycles. The summed E-state index contributed by atoms with van der Waals surface area (Å²) in [5.74, 6) is -1.16. The van der Waals surface area contributed by atoms with Crippen LogP contribution in [0.4, 0.5) is 5.69 Å². The number of benzene rings is 2. The van der Waals surface area contributed by atoms with Gasteiger partial charge in [-0.2, -0.15) is 0 Å². The lowest BCUT2D eigenvalue weighted by atomic mass is 10.2. The van der Waals surface area contributed by atoms with Gasteiger partial charge in [-0.1, -0.05) is 47.5 Å². The molecule has 0 bridgehead atoms. The molecular formula is C18H12Cl2N2O3. The van der Waals surface area contributed by atoms with Crippen LogP contribution in [-0.4, -0.2) is 23.5 Å². The van der Waals surface area contributed by atoms with Gasteiger partial charge in [-0.25, -0.2) is 9.78 Å². The second-order valence-corrected chi connectivity index (χ2v) is 5.96. The number of nitrogens with one attached hydrogen (secondary N) is 1. The van der Waals surface area contributed by atoms with Crippen LogP contribution in [0.2, 0.25) is 10.0 Å². The van der Waals surface area contributed by atoms with Crippen molar-refractivity contribution in [2.45, 2.75) is 0 Å². The molecule has 0 fully saturated rings. The molecule has 5 nitrogen and oxygen atoms in total. The summed E-state index contributed by atoms with van der Waals surface area (Å²) in [7, 11) is 0. The lowest BCUT2D eigenvalue weighted by molar-refractivity contribution is -0.119. The van der Waals surface area contributed by atoms with Gasteiger partial charge in [-0.3, -0.25) is 4.79 Å². The number of pyridine rings is 1. The van der Waals surface area contributed by atoms with Crippen molar-refractivity contribution in [3.63, 3.8) is 0 Å². The number of carbonyl (C=O) groups is 2. The van der Waals surface area contributed by atoms with Gasteiger partial charge in [0, 0.05) is 11.1 Å². The summed E-state index contributed by atoms with van der Waals surface area (Å²) >= 11 is 11.7. The molecule has 1 aromatic heterocycles. The van der Waals surface area contributed by atoms with Crippen molar-refractivity contribution in [3.05, 3.63) is 70.3 Å². The van der Waals surface area contributed by atoms with Crippen LogP contribution in [0.25, 0.3) is 10.9 Å². The van der Waals surface area contributed by atoms with Crippen molar-refractivity contribution >= 4 is 51.7 Å². The number of halogens is 2. The number of hydrogen-bond acceptors (Lipinski definition) is 4. The topological polar surface area (TPSA) is 68.3 Å². The highest BCUT2D eigenvalue weighted by Crippen LogP contribution is 2.24. The number of ether oxygens (including phenoxy) is 1. The van der Waals surface area contributed by atoms with E-state index in [0.717, 1.165) is 5.39 Å². The maximum Gasteiger partial charge on any atom is 0.357 e. The van der Waals surface area contributed by atoms with Crippen molar-refractivity contribution in [3.8, 4) is 0 Å². The molecule has 0 radical (unpaired) electrons. The zero-order valence-corrected chi connectivity index (χ0v) is 14.3. The third kappa shape index (κ3) is 4.26. The normalized spacial score (nSPS) is 10.5. The van der Waals surface area contributed by atoms with Gasteiger partial charge in [0.1, 0.15) is 5.69 Å². The van der Waals surface area contributed by atoms with Crippen LogP contribution in [0, 0.1) is 0 Å². The first-order valence-electron chi connectivity index (χ1n) is 7.31. The van der Waals surface area contributed by atoms with Crippen LogP contribution >= 0.6 is 23.2 Å². The number of nitrogens with zero attached hydrogens (tertiary/aromatic N) is 1. The molecule has 0 aliphatic carbocycles. The fourth-order valence-corrected chi connectivity index (χ4v) is 2.45. The standard InChI is InChI=1S/C18H12Cl2N2O3/c19-13-7-6-12(9-14(13)20)21-17(23)10-25-18(24)16-8-5-11-3-1-2-4-15(11)22-16/h1-9H,10H2,(H,21,23). The van der Waals surface area contributed by atoms with Gasteiger partial charge < -0.3 is 10.1 Å². The number of esters is 1. The molecule has 7 heteroatoms. The van der Waals surface area contributed by atoms with Crippen molar-refractivity contribution in [1.29, 1.82) is 0 Å². The van der Waals surface area contributed by atoms with Crippen LogP contribution in [0.1, 0.15) is 10.5 Å². The first-order chi connectivity index (χ1) is 12.0. The first-order valence-corrected chi connectivity index (χ1v) is 8.06. The lowest BCUT2D eigenvalue weighted by Gasteiger charge is -2.07. The van der Waals surface area contributed by atoms with Gasteiger partial charge in [0.25, 0.3) is 5.91 Å². The third-order valence-electron chi connectivity index (χ3n) is 3.35. The second kappa shape index (κ2) is 7.51. The van der Waals surface area contributed by atoms with Gasteiger partial charge >= 0.3 is 5.97 Å². The summed E-state index contributed by atoms with van der Waals surface area (Å²) in [5.41, 5.74) is 1.28. The predicted molar refractivity (Wildman–Crippen MR) is 97.1 cm³/mol. The first kappa shape index (κ1) is 17.2. The lowest BCUT2D eigenvalue weighted by Crippen LogP contribution is -2.21. The van der Waals surface area contributed by atoms with Crippen LogP contribution in [0.3, 0.4) is 0 Å². The molecule has 0 saturated heterocycles. The number of rotatable bonds is 4. The van der Waals surface area contributed by atoms with E-state index in [1.165, 1.54) is 6.07 Å². The highest BCUT2D eigenvalue weighted by Gasteiger charge is 2.12. The number of para-hydroxylation sites is 1. The van der Waals surface area contributed by atoms with Gasteiger partial charge in [-0.05, 0) is 30.3 Å². The van der Waals surface area contributed by atoms with E-state index in [0.29, 0.717) is 21.2 Å².